The third-order valence-electron chi connectivity index (χ3n) is 3.63. The van der Waals surface area contributed by atoms with E-state index in [0.29, 0.717) is 0 Å². The number of nitrogens with zero attached hydrogens (tertiary/aromatic N) is 1. The number of nitrogens with one attached hydrogen (secondary N) is 1. The molecule has 0 aliphatic carbocycles. The average molecular weight is 197 g/mol. The number of hydrogen-bond acceptors (Lipinski definition) is 3. The molecule has 1 aliphatic rings. The fraction of sp³-hybridized carbons (Fsp3) is 0.818. The minimum atomic E-state index is 0.118. The summed E-state index contributed by atoms with van der Waals surface area (Å²) in [6.07, 6.45) is 5.63. The molecular formula is C11H23N3. The molecule has 0 aromatic rings. The molecule has 3 nitrogen and oxygen atoms in total. The van der Waals surface area contributed by atoms with Crippen LogP contribution in [0.3, 0.4) is 0 Å². The standard InChI is InChI=1S/C11H23N3/c1-4-10(13-12)11(3,5-2)14-8-6-7-9-14/h4,10,13H,1,5-9,12H2,2-3H3. The highest BCUT2D eigenvalue weighted by Gasteiger charge is 2.37. The third kappa shape index (κ3) is 2.00. The Hall–Kier alpha value is -0.380. The summed E-state index contributed by atoms with van der Waals surface area (Å²) in [5.74, 6) is 5.56. The van der Waals surface area contributed by atoms with Gasteiger partial charge in [0.1, 0.15) is 0 Å². The van der Waals surface area contributed by atoms with E-state index in [1.165, 1.54) is 25.9 Å². The van der Waals surface area contributed by atoms with Crippen molar-refractivity contribution in [1.29, 1.82) is 0 Å². The van der Waals surface area contributed by atoms with E-state index >= 15 is 0 Å². The largest absolute Gasteiger partial charge is 0.296 e. The van der Waals surface area contributed by atoms with Crippen LogP contribution in [0.2, 0.25) is 0 Å². The zero-order valence-electron chi connectivity index (χ0n) is 9.42. The van der Waals surface area contributed by atoms with Gasteiger partial charge in [0.2, 0.25) is 0 Å². The van der Waals surface area contributed by atoms with Gasteiger partial charge in [0.05, 0.1) is 6.04 Å². The first-order chi connectivity index (χ1) is 6.69. The van der Waals surface area contributed by atoms with Gasteiger partial charge in [-0.05, 0) is 39.3 Å². The first kappa shape index (κ1) is 11.7. The van der Waals surface area contributed by atoms with Gasteiger partial charge in [-0.2, -0.15) is 0 Å². The molecule has 0 amide bonds. The van der Waals surface area contributed by atoms with E-state index in [1.54, 1.807) is 0 Å². The van der Waals surface area contributed by atoms with E-state index in [4.69, 9.17) is 5.84 Å². The summed E-state index contributed by atoms with van der Waals surface area (Å²) in [5, 5.41) is 0. The molecule has 14 heavy (non-hydrogen) atoms. The molecule has 1 saturated heterocycles. The van der Waals surface area contributed by atoms with Gasteiger partial charge >= 0.3 is 0 Å². The maximum Gasteiger partial charge on any atom is 0.0569 e. The van der Waals surface area contributed by atoms with Gasteiger partial charge in [-0.1, -0.05) is 13.0 Å². The Kier molecular flexibility index (Phi) is 4.11. The Morgan fingerprint density at radius 3 is 2.50 bits per heavy atom. The van der Waals surface area contributed by atoms with E-state index in [-0.39, 0.29) is 11.6 Å². The quantitative estimate of drug-likeness (QED) is 0.396. The van der Waals surface area contributed by atoms with Crippen LogP contribution in [0.5, 0.6) is 0 Å². The van der Waals surface area contributed by atoms with Crippen molar-refractivity contribution in [3.05, 3.63) is 12.7 Å². The highest BCUT2D eigenvalue weighted by atomic mass is 15.3. The molecule has 3 heteroatoms. The van der Waals surface area contributed by atoms with Crippen molar-refractivity contribution in [3.63, 3.8) is 0 Å². The van der Waals surface area contributed by atoms with E-state index in [1.807, 2.05) is 6.08 Å². The Balaban J connectivity index is 2.76. The number of hydrogen-bond donors (Lipinski definition) is 2. The summed E-state index contributed by atoms with van der Waals surface area (Å²) >= 11 is 0. The molecule has 0 aromatic heterocycles. The van der Waals surface area contributed by atoms with Gasteiger partial charge in [-0.25, -0.2) is 0 Å². The second-order valence-electron chi connectivity index (χ2n) is 4.28. The van der Waals surface area contributed by atoms with Crippen molar-refractivity contribution < 1.29 is 0 Å². The first-order valence-electron chi connectivity index (χ1n) is 5.52. The Labute approximate surface area is 87.3 Å². The van der Waals surface area contributed by atoms with Crippen LogP contribution in [0.15, 0.2) is 12.7 Å². The molecule has 0 spiro atoms. The zero-order valence-corrected chi connectivity index (χ0v) is 9.42. The average Bonchev–Trinajstić information content (AvgIpc) is 2.72. The summed E-state index contributed by atoms with van der Waals surface area (Å²) < 4.78 is 0. The van der Waals surface area contributed by atoms with Crippen LogP contribution in [0, 0.1) is 0 Å². The van der Waals surface area contributed by atoms with Crippen LogP contribution in [-0.2, 0) is 0 Å². The summed E-state index contributed by atoms with van der Waals surface area (Å²) in [7, 11) is 0. The van der Waals surface area contributed by atoms with E-state index in [2.05, 4.69) is 30.8 Å². The smallest absolute Gasteiger partial charge is 0.0569 e. The molecule has 82 valence electrons. The number of hydrazine groups is 1. The fourth-order valence-corrected chi connectivity index (χ4v) is 2.37. The van der Waals surface area contributed by atoms with Crippen LogP contribution >= 0.6 is 0 Å². The topological polar surface area (TPSA) is 41.3 Å². The van der Waals surface area contributed by atoms with Crippen molar-refractivity contribution in [3.8, 4) is 0 Å². The van der Waals surface area contributed by atoms with Gasteiger partial charge < -0.3 is 0 Å². The van der Waals surface area contributed by atoms with Crippen molar-refractivity contribution in [2.75, 3.05) is 13.1 Å². The lowest BCUT2D eigenvalue weighted by atomic mass is 9.88. The second-order valence-corrected chi connectivity index (χ2v) is 4.28. The van der Waals surface area contributed by atoms with Crippen molar-refractivity contribution in [1.82, 2.24) is 10.3 Å². The van der Waals surface area contributed by atoms with Crippen LogP contribution in [-0.4, -0.2) is 29.6 Å². The number of likely N-dealkylation sites (tertiary alicyclic amines) is 1. The summed E-state index contributed by atoms with van der Waals surface area (Å²) in [6, 6.07) is 0.172. The van der Waals surface area contributed by atoms with Crippen molar-refractivity contribution in [2.45, 2.75) is 44.7 Å². The number of rotatable bonds is 5. The van der Waals surface area contributed by atoms with Crippen LogP contribution < -0.4 is 11.3 Å². The molecule has 1 heterocycles. The Bertz CT molecular complexity index is 187. The lowest BCUT2D eigenvalue weighted by Gasteiger charge is -2.43. The van der Waals surface area contributed by atoms with E-state index in [0.717, 1.165) is 6.42 Å². The van der Waals surface area contributed by atoms with E-state index in [9.17, 15) is 0 Å². The zero-order chi connectivity index (χ0) is 10.6. The predicted octanol–water partition coefficient (Wildman–Crippen LogP) is 1.27. The van der Waals surface area contributed by atoms with E-state index < -0.39 is 0 Å². The molecular weight excluding hydrogens is 174 g/mol. The maximum atomic E-state index is 5.56. The van der Waals surface area contributed by atoms with Gasteiger partial charge in [-0.3, -0.25) is 16.2 Å². The lowest BCUT2D eigenvalue weighted by Crippen LogP contribution is -2.59. The first-order valence-corrected chi connectivity index (χ1v) is 5.52. The third-order valence-corrected chi connectivity index (χ3v) is 3.63. The molecule has 2 unspecified atom stereocenters. The molecule has 0 saturated carbocycles. The summed E-state index contributed by atoms with van der Waals surface area (Å²) in [6.45, 7) is 10.7. The molecule has 0 aromatic carbocycles. The van der Waals surface area contributed by atoms with Crippen LogP contribution in [0.25, 0.3) is 0 Å². The minimum Gasteiger partial charge on any atom is -0.296 e. The Morgan fingerprint density at radius 1 is 1.57 bits per heavy atom. The SMILES string of the molecule is C=CC(NN)C(C)(CC)N1CCCC1. The predicted molar refractivity (Wildman–Crippen MR) is 60.8 cm³/mol. The Morgan fingerprint density at radius 2 is 2.14 bits per heavy atom. The van der Waals surface area contributed by atoms with Gasteiger partial charge in [-0.15, -0.1) is 6.58 Å². The lowest BCUT2D eigenvalue weighted by molar-refractivity contribution is 0.102. The fourth-order valence-electron chi connectivity index (χ4n) is 2.37. The second kappa shape index (κ2) is 4.91. The molecule has 1 aliphatic heterocycles. The molecule has 1 rings (SSSR count). The van der Waals surface area contributed by atoms with Gasteiger partial charge in [0.25, 0.3) is 0 Å². The molecule has 0 radical (unpaired) electrons. The van der Waals surface area contributed by atoms with Crippen molar-refractivity contribution >= 4 is 0 Å². The highest BCUT2D eigenvalue weighted by Crippen LogP contribution is 2.27. The molecule has 0 bridgehead atoms. The summed E-state index contributed by atoms with van der Waals surface area (Å²) in [4.78, 5) is 2.53. The highest BCUT2D eigenvalue weighted by molar-refractivity contribution is 5.04. The molecule has 3 N–H and O–H groups in total. The molecule has 2 atom stereocenters. The number of nitrogens with two attached hydrogens (primary N) is 1. The molecule has 1 fully saturated rings. The van der Waals surface area contributed by atoms with Gasteiger partial charge in [0, 0.05) is 5.54 Å². The maximum absolute atomic E-state index is 5.56. The van der Waals surface area contributed by atoms with Crippen LogP contribution in [0.4, 0.5) is 0 Å². The summed E-state index contributed by atoms with van der Waals surface area (Å²) in [5.41, 5.74) is 2.98. The normalized spacial score (nSPS) is 24.5. The van der Waals surface area contributed by atoms with Gasteiger partial charge in [0.15, 0.2) is 0 Å². The van der Waals surface area contributed by atoms with Crippen molar-refractivity contribution in [2.24, 2.45) is 5.84 Å². The minimum absolute atomic E-state index is 0.118. The monoisotopic (exact) mass is 197 g/mol. The van der Waals surface area contributed by atoms with Crippen LogP contribution in [0.1, 0.15) is 33.1 Å².